The van der Waals surface area contributed by atoms with Crippen molar-refractivity contribution in [3.05, 3.63) is 107 Å². The Kier molecular flexibility index (Phi) is 5.33. The third-order valence-corrected chi connectivity index (χ3v) is 5.91. The van der Waals surface area contributed by atoms with Crippen LogP contribution in [0.15, 0.2) is 90.0 Å². The standard InChI is InChI=1S/C26H20ClN3O2/c1-32-20-13-12-19-14-21(25(27)28-22(19)15-20)24-16-23(17-8-4-2-5-9-17)29-30(24)26(31)18-10-6-3-7-11-18/h2-15,24H,16H2,1H3. The second-order valence-corrected chi connectivity index (χ2v) is 7.93. The van der Waals surface area contributed by atoms with E-state index in [2.05, 4.69) is 4.98 Å². The molecular weight excluding hydrogens is 422 g/mol. The third-order valence-electron chi connectivity index (χ3n) is 5.61. The Morgan fingerprint density at radius 3 is 2.44 bits per heavy atom. The van der Waals surface area contributed by atoms with Gasteiger partial charge in [-0.05, 0) is 35.9 Å². The summed E-state index contributed by atoms with van der Waals surface area (Å²) in [4.78, 5) is 18.0. The first-order valence-corrected chi connectivity index (χ1v) is 10.7. The van der Waals surface area contributed by atoms with Gasteiger partial charge in [0.15, 0.2) is 0 Å². The van der Waals surface area contributed by atoms with Gasteiger partial charge in [-0.1, -0.05) is 60.1 Å². The molecule has 0 saturated carbocycles. The zero-order valence-corrected chi connectivity index (χ0v) is 18.2. The molecule has 1 aliphatic rings. The van der Waals surface area contributed by atoms with E-state index in [1.807, 2.05) is 72.8 Å². The average molecular weight is 442 g/mol. The first-order valence-electron chi connectivity index (χ1n) is 10.3. The number of carbonyl (C=O) groups excluding carboxylic acids is 1. The van der Waals surface area contributed by atoms with E-state index >= 15 is 0 Å². The summed E-state index contributed by atoms with van der Waals surface area (Å²) in [6.07, 6.45) is 0.547. The largest absolute Gasteiger partial charge is 0.497 e. The number of rotatable bonds is 4. The molecule has 0 saturated heterocycles. The van der Waals surface area contributed by atoms with Crippen LogP contribution >= 0.6 is 11.6 Å². The van der Waals surface area contributed by atoms with E-state index in [9.17, 15) is 4.79 Å². The molecule has 0 radical (unpaired) electrons. The normalized spacial score (nSPS) is 15.6. The highest BCUT2D eigenvalue weighted by molar-refractivity contribution is 6.30. The molecule has 1 atom stereocenters. The van der Waals surface area contributed by atoms with Gasteiger partial charge in [-0.2, -0.15) is 5.10 Å². The van der Waals surface area contributed by atoms with Gasteiger partial charge in [0.25, 0.3) is 5.91 Å². The number of nitrogens with zero attached hydrogens (tertiary/aromatic N) is 3. The maximum Gasteiger partial charge on any atom is 0.274 e. The summed E-state index contributed by atoms with van der Waals surface area (Å²) in [5.41, 5.74) is 3.90. The van der Waals surface area contributed by atoms with Crippen molar-refractivity contribution in [3.63, 3.8) is 0 Å². The number of hydrazone groups is 1. The van der Waals surface area contributed by atoms with E-state index < -0.39 is 0 Å². The van der Waals surface area contributed by atoms with Crippen LogP contribution in [0, 0.1) is 0 Å². The number of ether oxygens (including phenoxy) is 1. The number of hydrogen-bond acceptors (Lipinski definition) is 4. The number of methoxy groups -OCH3 is 1. The number of pyridine rings is 1. The molecule has 4 aromatic rings. The molecule has 1 unspecified atom stereocenters. The van der Waals surface area contributed by atoms with Crippen LogP contribution in [-0.4, -0.2) is 28.7 Å². The summed E-state index contributed by atoms with van der Waals surface area (Å²) in [7, 11) is 1.62. The van der Waals surface area contributed by atoms with Gasteiger partial charge in [0.2, 0.25) is 0 Å². The smallest absolute Gasteiger partial charge is 0.274 e. The van der Waals surface area contributed by atoms with Gasteiger partial charge in [0, 0.05) is 29.0 Å². The molecular formula is C26H20ClN3O2. The van der Waals surface area contributed by atoms with E-state index in [1.54, 1.807) is 19.2 Å². The number of fused-ring (bicyclic) bond motifs is 1. The zero-order valence-electron chi connectivity index (χ0n) is 17.4. The lowest BCUT2D eigenvalue weighted by Crippen LogP contribution is -2.27. The van der Waals surface area contributed by atoms with Crippen LogP contribution in [-0.2, 0) is 0 Å². The molecule has 3 aromatic carbocycles. The lowest BCUT2D eigenvalue weighted by atomic mass is 9.98. The number of carbonyl (C=O) groups is 1. The summed E-state index contributed by atoms with van der Waals surface area (Å²) >= 11 is 6.65. The second kappa shape index (κ2) is 8.44. The van der Waals surface area contributed by atoms with Gasteiger partial charge in [-0.15, -0.1) is 0 Å². The Hall–Kier alpha value is -3.70. The number of amides is 1. The zero-order chi connectivity index (χ0) is 22.1. The van der Waals surface area contributed by atoms with Crippen LogP contribution in [0.1, 0.15) is 33.9 Å². The molecule has 2 heterocycles. The highest BCUT2D eigenvalue weighted by Gasteiger charge is 2.35. The van der Waals surface area contributed by atoms with Crippen LogP contribution in [0.25, 0.3) is 10.9 Å². The maximum atomic E-state index is 13.4. The highest BCUT2D eigenvalue weighted by atomic mass is 35.5. The summed E-state index contributed by atoms with van der Waals surface area (Å²) in [5.74, 6) is 0.540. The number of benzene rings is 3. The SMILES string of the molecule is COc1ccc2cc(C3CC(c4ccccc4)=NN3C(=O)c3ccccc3)c(Cl)nc2c1. The third kappa shape index (κ3) is 3.72. The van der Waals surface area contributed by atoms with Crippen molar-refractivity contribution in [2.24, 2.45) is 5.10 Å². The predicted molar refractivity (Wildman–Crippen MR) is 126 cm³/mol. The number of aromatic nitrogens is 1. The molecule has 158 valence electrons. The number of hydrogen-bond donors (Lipinski definition) is 0. The van der Waals surface area contributed by atoms with Crippen LogP contribution < -0.4 is 4.74 Å². The Balaban J connectivity index is 1.59. The van der Waals surface area contributed by atoms with Gasteiger partial charge >= 0.3 is 0 Å². The molecule has 1 amide bonds. The highest BCUT2D eigenvalue weighted by Crippen LogP contribution is 2.38. The van der Waals surface area contributed by atoms with E-state index in [0.29, 0.717) is 22.9 Å². The van der Waals surface area contributed by atoms with Crippen LogP contribution in [0.5, 0.6) is 5.75 Å². The van der Waals surface area contributed by atoms with E-state index in [4.69, 9.17) is 21.4 Å². The maximum absolute atomic E-state index is 13.4. The quantitative estimate of drug-likeness (QED) is 0.371. The molecule has 0 spiro atoms. The van der Waals surface area contributed by atoms with Crippen molar-refractivity contribution in [1.82, 2.24) is 9.99 Å². The fourth-order valence-corrected chi connectivity index (χ4v) is 4.23. The second-order valence-electron chi connectivity index (χ2n) is 7.58. The van der Waals surface area contributed by atoms with Crippen molar-refractivity contribution in [2.45, 2.75) is 12.5 Å². The van der Waals surface area contributed by atoms with Crippen molar-refractivity contribution in [2.75, 3.05) is 7.11 Å². The molecule has 0 bridgehead atoms. The summed E-state index contributed by atoms with van der Waals surface area (Å²) in [6, 6.07) is 26.4. The molecule has 0 aliphatic carbocycles. The Labute approximate surface area is 190 Å². The first-order chi connectivity index (χ1) is 15.6. The molecule has 5 nitrogen and oxygen atoms in total. The Morgan fingerprint density at radius 2 is 1.72 bits per heavy atom. The fourth-order valence-electron chi connectivity index (χ4n) is 3.96. The Bertz CT molecular complexity index is 1320. The number of halogens is 1. The molecule has 0 fully saturated rings. The minimum absolute atomic E-state index is 0.174. The fraction of sp³-hybridized carbons (Fsp3) is 0.115. The average Bonchev–Trinajstić information content (AvgIpc) is 3.29. The molecule has 6 heteroatoms. The lowest BCUT2D eigenvalue weighted by molar-refractivity contribution is 0.0711. The first kappa shape index (κ1) is 20.2. The monoisotopic (exact) mass is 441 g/mol. The van der Waals surface area contributed by atoms with Crippen molar-refractivity contribution < 1.29 is 9.53 Å². The van der Waals surface area contributed by atoms with Gasteiger partial charge < -0.3 is 4.74 Å². The molecule has 5 rings (SSSR count). The lowest BCUT2D eigenvalue weighted by Gasteiger charge is -2.23. The van der Waals surface area contributed by atoms with Crippen molar-refractivity contribution in [3.8, 4) is 5.75 Å². The van der Waals surface area contributed by atoms with Crippen molar-refractivity contribution in [1.29, 1.82) is 0 Å². The van der Waals surface area contributed by atoms with Crippen LogP contribution in [0.4, 0.5) is 0 Å². The molecule has 1 aromatic heterocycles. The molecule has 1 aliphatic heterocycles. The molecule has 0 N–H and O–H groups in total. The predicted octanol–water partition coefficient (Wildman–Crippen LogP) is 5.89. The summed E-state index contributed by atoms with van der Waals surface area (Å²) in [5, 5.41) is 7.55. The van der Waals surface area contributed by atoms with Gasteiger partial charge in [0.05, 0.1) is 24.4 Å². The minimum atomic E-state index is -0.357. The minimum Gasteiger partial charge on any atom is -0.497 e. The van der Waals surface area contributed by atoms with E-state index in [1.165, 1.54) is 5.01 Å². The van der Waals surface area contributed by atoms with E-state index in [-0.39, 0.29) is 11.9 Å². The summed E-state index contributed by atoms with van der Waals surface area (Å²) in [6.45, 7) is 0. The van der Waals surface area contributed by atoms with Gasteiger partial charge in [-0.3, -0.25) is 4.79 Å². The van der Waals surface area contributed by atoms with Gasteiger partial charge in [0.1, 0.15) is 10.9 Å². The van der Waals surface area contributed by atoms with Crippen LogP contribution in [0.3, 0.4) is 0 Å². The summed E-state index contributed by atoms with van der Waals surface area (Å²) < 4.78 is 5.30. The Morgan fingerprint density at radius 1 is 1.00 bits per heavy atom. The van der Waals surface area contributed by atoms with Gasteiger partial charge in [-0.25, -0.2) is 9.99 Å². The van der Waals surface area contributed by atoms with Crippen molar-refractivity contribution >= 4 is 34.1 Å². The topological polar surface area (TPSA) is 54.8 Å². The van der Waals surface area contributed by atoms with Crippen LogP contribution in [0.2, 0.25) is 5.15 Å². The molecule has 32 heavy (non-hydrogen) atoms. The van der Waals surface area contributed by atoms with E-state index in [0.717, 1.165) is 27.7 Å².